The van der Waals surface area contributed by atoms with E-state index in [0.717, 1.165) is 0 Å². The first-order valence-electron chi connectivity index (χ1n) is 7.56. The van der Waals surface area contributed by atoms with Crippen LogP contribution in [0.25, 0.3) is 22.7 Å². The third-order valence-electron chi connectivity index (χ3n) is 3.49. The van der Waals surface area contributed by atoms with Gasteiger partial charge < -0.3 is 15.1 Å². The van der Waals surface area contributed by atoms with Crippen LogP contribution in [0.1, 0.15) is 0 Å². The molecule has 8 heteroatoms. The van der Waals surface area contributed by atoms with E-state index in [-0.39, 0.29) is 6.03 Å². The Kier molecular flexibility index (Phi) is 3.62. The second kappa shape index (κ2) is 6.08. The van der Waals surface area contributed by atoms with Crippen LogP contribution in [0.2, 0.25) is 0 Å². The van der Waals surface area contributed by atoms with Crippen LogP contribution in [0.3, 0.4) is 0 Å². The summed E-state index contributed by atoms with van der Waals surface area (Å²) in [5, 5.41) is 9.45. The number of pyridine rings is 1. The third kappa shape index (κ3) is 3.18. The molecule has 0 saturated carbocycles. The fourth-order valence-electron chi connectivity index (χ4n) is 2.38. The maximum absolute atomic E-state index is 12.0. The number of carbonyl (C=O) groups excluding carboxylic acids is 1. The number of urea groups is 1. The molecule has 0 unspecified atom stereocenters. The van der Waals surface area contributed by atoms with Crippen molar-refractivity contribution in [2.75, 3.05) is 10.6 Å². The smallest absolute Gasteiger partial charge is 0.323 e. The van der Waals surface area contributed by atoms with Crippen LogP contribution in [0.5, 0.6) is 0 Å². The normalized spacial score (nSPS) is 10.8. The predicted octanol–water partition coefficient (Wildman–Crippen LogP) is 3.27. The Hall–Kier alpha value is -3.68. The van der Waals surface area contributed by atoms with E-state index in [0.29, 0.717) is 34.1 Å². The van der Waals surface area contributed by atoms with Crippen molar-refractivity contribution in [1.82, 2.24) is 19.7 Å². The molecule has 3 heterocycles. The van der Waals surface area contributed by atoms with E-state index in [1.807, 2.05) is 18.2 Å². The number of anilines is 2. The zero-order chi connectivity index (χ0) is 17.2. The summed E-state index contributed by atoms with van der Waals surface area (Å²) >= 11 is 0. The predicted molar refractivity (Wildman–Crippen MR) is 93.1 cm³/mol. The number of nitrogens with zero attached hydrogens (tertiary/aromatic N) is 4. The molecule has 0 aliphatic carbocycles. The van der Waals surface area contributed by atoms with Crippen molar-refractivity contribution in [1.29, 1.82) is 0 Å². The fraction of sp³-hybridized carbons (Fsp3) is 0.0588. The van der Waals surface area contributed by atoms with Crippen LogP contribution in [-0.2, 0) is 7.05 Å². The Bertz CT molecular complexity index is 1040. The van der Waals surface area contributed by atoms with Crippen molar-refractivity contribution >= 4 is 28.5 Å². The molecule has 4 aromatic rings. The summed E-state index contributed by atoms with van der Waals surface area (Å²) in [5.41, 5.74) is 3.12. The van der Waals surface area contributed by atoms with Crippen molar-refractivity contribution in [3.05, 3.63) is 55.0 Å². The lowest BCUT2D eigenvalue weighted by atomic mass is 10.3. The van der Waals surface area contributed by atoms with Gasteiger partial charge in [-0.05, 0) is 24.3 Å². The van der Waals surface area contributed by atoms with Gasteiger partial charge in [-0.25, -0.2) is 9.78 Å². The standard InChI is InChI=1S/C17H14N6O2/c1-23-10-12(9-19-23)21-17(24)20-11-5-6-13-15(8-11)25-16(22-13)14-4-2-3-7-18-14/h2-10H,1H3,(H2,20,21,24). The Labute approximate surface area is 142 Å². The Balaban J connectivity index is 1.53. The summed E-state index contributed by atoms with van der Waals surface area (Å²) in [6, 6.07) is 10.4. The van der Waals surface area contributed by atoms with E-state index in [1.165, 1.54) is 0 Å². The number of aromatic nitrogens is 4. The highest BCUT2D eigenvalue weighted by atomic mass is 16.3. The van der Waals surface area contributed by atoms with Crippen LogP contribution in [0.15, 0.2) is 59.4 Å². The van der Waals surface area contributed by atoms with Crippen molar-refractivity contribution in [2.24, 2.45) is 7.05 Å². The number of rotatable bonds is 3. The second-order valence-electron chi connectivity index (χ2n) is 5.40. The largest absolute Gasteiger partial charge is 0.435 e. The average Bonchev–Trinajstić information content (AvgIpc) is 3.21. The van der Waals surface area contributed by atoms with Gasteiger partial charge in [-0.1, -0.05) is 6.07 Å². The Morgan fingerprint density at radius 1 is 1.16 bits per heavy atom. The molecule has 0 aliphatic rings. The van der Waals surface area contributed by atoms with Crippen molar-refractivity contribution in [3.8, 4) is 11.6 Å². The molecule has 25 heavy (non-hydrogen) atoms. The highest BCUT2D eigenvalue weighted by Gasteiger charge is 2.11. The van der Waals surface area contributed by atoms with Crippen LogP contribution in [-0.4, -0.2) is 25.8 Å². The molecule has 4 rings (SSSR count). The molecule has 124 valence electrons. The van der Waals surface area contributed by atoms with E-state index in [4.69, 9.17) is 4.42 Å². The molecular weight excluding hydrogens is 320 g/mol. The summed E-state index contributed by atoms with van der Waals surface area (Å²) in [4.78, 5) is 20.7. The second-order valence-corrected chi connectivity index (χ2v) is 5.40. The van der Waals surface area contributed by atoms with Gasteiger partial charge in [0.2, 0.25) is 5.89 Å². The van der Waals surface area contributed by atoms with E-state index >= 15 is 0 Å². The summed E-state index contributed by atoms with van der Waals surface area (Å²) in [6.45, 7) is 0. The minimum atomic E-state index is -0.364. The van der Waals surface area contributed by atoms with Crippen molar-refractivity contribution in [2.45, 2.75) is 0 Å². The molecule has 2 N–H and O–H groups in total. The third-order valence-corrected chi connectivity index (χ3v) is 3.49. The molecule has 1 aromatic carbocycles. The zero-order valence-corrected chi connectivity index (χ0v) is 13.3. The Morgan fingerprint density at radius 3 is 2.80 bits per heavy atom. The number of hydrogen-bond donors (Lipinski definition) is 2. The first-order valence-corrected chi connectivity index (χ1v) is 7.56. The minimum absolute atomic E-state index is 0.364. The topological polar surface area (TPSA) is 97.9 Å². The summed E-state index contributed by atoms with van der Waals surface area (Å²) < 4.78 is 7.35. The quantitative estimate of drug-likeness (QED) is 0.599. The lowest BCUT2D eigenvalue weighted by molar-refractivity contribution is 0.262. The highest BCUT2D eigenvalue weighted by Crippen LogP contribution is 2.25. The van der Waals surface area contributed by atoms with Gasteiger partial charge in [-0.15, -0.1) is 0 Å². The number of hydrogen-bond acceptors (Lipinski definition) is 5. The summed E-state index contributed by atoms with van der Waals surface area (Å²) in [7, 11) is 1.78. The fourth-order valence-corrected chi connectivity index (χ4v) is 2.38. The van der Waals surface area contributed by atoms with Gasteiger partial charge in [0.15, 0.2) is 5.58 Å². The van der Waals surface area contributed by atoms with Gasteiger partial charge in [0.05, 0.1) is 11.9 Å². The van der Waals surface area contributed by atoms with Crippen molar-refractivity contribution in [3.63, 3.8) is 0 Å². The lowest BCUT2D eigenvalue weighted by Gasteiger charge is -2.05. The van der Waals surface area contributed by atoms with Gasteiger partial charge in [0.1, 0.15) is 11.2 Å². The zero-order valence-electron chi connectivity index (χ0n) is 13.3. The molecule has 0 radical (unpaired) electrons. The number of oxazole rings is 1. The number of benzene rings is 1. The average molecular weight is 334 g/mol. The lowest BCUT2D eigenvalue weighted by Crippen LogP contribution is -2.19. The number of carbonyl (C=O) groups is 1. The molecule has 8 nitrogen and oxygen atoms in total. The van der Waals surface area contributed by atoms with Crippen LogP contribution >= 0.6 is 0 Å². The van der Waals surface area contributed by atoms with E-state index in [1.54, 1.807) is 48.5 Å². The minimum Gasteiger partial charge on any atom is -0.435 e. The molecule has 0 fully saturated rings. The first-order chi connectivity index (χ1) is 12.2. The van der Waals surface area contributed by atoms with Gasteiger partial charge in [-0.2, -0.15) is 5.10 Å². The molecule has 0 saturated heterocycles. The molecule has 0 atom stereocenters. The number of nitrogens with one attached hydrogen (secondary N) is 2. The monoisotopic (exact) mass is 334 g/mol. The van der Waals surface area contributed by atoms with Crippen molar-refractivity contribution < 1.29 is 9.21 Å². The molecule has 0 spiro atoms. The molecule has 0 bridgehead atoms. The summed E-state index contributed by atoms with van der Waals surface area (Å²) in [6.07, 6.45) is 4.96. The van der Waals surface area contributed by atoms with Gasteiger partial charge in [0, 0.05) is 31.2 Å². The molecule has 0 aliphatic heterocycles. The summed E-state index contributed by atoms with van der Waals surface area (Å²) in [5.74, 6) is 0.438. The van der Waals surface area contributed by atoms with E-state index < -0.39 is 0 Å². The van der Waals surface area contributed by atoms with Gasteiger partial charge in [0.25, 0.3) is 0 Å². The van der Waals surface area contributed by atoms with Crippen LogP contribution in [0.4, 0.5) is 16.2 Å². The number of aryl methyl sites for hydroxylation is 1. The molecule has 3 aromatic heterocycles. The van der Waals surface area contributed by atoms with Crippen LogP contribution < -0.4 is 10.6 Å². The van der Waals surface area contributed by atoms with Gasteiger partial charge in [-0.3, -0.25) is 9.67 Å². The van der Waals surface area contributed by atoms with Crippen LogP contribution in [0, 0.1) is 0 Å². The molecule has 2 amide bonds. The number of amides is 2. The van der Waals surface area contributed by atoms with E-state index in [2.05, 4.69) is 25.7 Å². The first kappa shape index (κ1) is 14.9. The number of fused-ring (bicyclic) bond motifs is 1. The maximum Gasteiger partial charge on any atom is 0.323 e. The molecular formula is C17H14N6O2. The SMILES string of the molecule is Cn1cc(NC(=O)Nc2ccc3nc(-c4ccccn4)oc3c2)cn1. The van der Waals surface area contributed by atoms with Gasteiger partial charge >= 0.3 is 6.03 Å². The Morgan fingerprint density at radius 2 is 2.04 bits per heavy atom. The maximum atomic E-state index is 12.0. The van der Waals surface area contributed by atoms with E-state index in [9.17, 15) is 4.79 Å². The highest BCUT2D eigenvalue weighted by molar-refractivity contribution is 6.00.